The number of ether oxygens (including phenoxy) is 2. The van der Waals surface area contributed by atoms with E-state index in [0.717, 1.165) is 56.3 Å². The summed E-state index contributed by atoms with van der Waals surface area (Å²) in [5, 5.41) is 20.2. The van der Waals surface area contributed by atoms with Gasteiger partial charge in [-0.1, -0.05) is 18.6 Å². The molecule has 35 heavy (non-hydrogen) atoms. The van der Waals surface area contributed by atoms with Crippen molar-refractivity contribution in [3.8, 4) is 17.1 Å². The molecule has 2 N–H and O–H groups in total. The third-order valence-corrected chi connectivity index (χ3v) is 7.12. The van der Waals surface area contributed by atoms with Crippen molar-refractivity contribution in [2.75, 3.05) is 6.61 Å². The predicted octanol–water partition coefficient (Wildman–Crippen LogP) is 4.01. The zero-order chi connectivity index (χ0) is 25.0. The maximum absolute atomic E-state index is 12.3. The first-order valence-corrected chi connectivity index (χ1v) is 12.4. The fourth-order valence-corrected chi connectivity index (χ4v) is 4.93. The molecule has 10 nitrogen and oxygen atoms in total. The van der Waals surface area contributed by atoms with Gasteiger partial charge in [0, 0.05) is 18.9 Å². The summed E-state index contributed by atoms with van der Waals surface area (Å²) in [5.41, 5.74) is 2.87. The molecular formula is C25H35N5O5. The topological polar surface area (TPSA) is 128 Å². The van der Waals surface area contributed by atoms with Crippen LogP contribution >= 0.6 is 0 Å². The normalized spacial score (nSPS) is 20.4. The average molecular weight is 486 g/mol. The number of rotatable bonds is 11. The Labute approximate surface area is 205 Å². The number of nitrogens with one attached hydrogen (secondary N) is 1. The van der Waals surface area contributed by atoms with Crippen molar-refractivity contribution in [1.82, 2.24) is 25.3 Å². The fraction of sp³-hybridized carbons (Fsp3) is 0.640. The van der Waals surface area contributed by atoms with Crippen LogP contribution in [0.1, 0.15) is 69.7 Å². The summed E-state index contributed by atoms with van der Waals surface area (Å²) in [6.07, 6.45) is 6.62. The van der Waals surface area contributed by atoms with Crippen LogP contribution in [0.5, 0.6) is 5.75 Å². The van der Waals surface area contributed by atoms with E-state index in [2.05, 4.69) is 27.5 Å². The van der Waals surface area contributed by atoms with Gasteiger partial charge in [0.1, 0.15) is 11.4 Å². The number of carboxylic acid groups (broad SMARTS) is 1. The Kier molecular flexibility index (Phi) is 7.57. The standard InChI is InChI=1S/C25H35N5O5/c1-4-9-25(10-11-25)15-34-24(33)26-14-20-23(28-29-30(20)3)19-7-8-21(16(2)27-19)35-18-6-5-17(12-18)13-22(31)32/h7-8,17-18H,4-6,9-15H2,1-3H3,(H,26,33)(H,31,32)/t17-,18-/m0/s1. The number of hydrogen-bond donors (Lipinski definition) is 2. The Morgan fingerprint density at radius 3 is 2.77 bits per heavy atom. The van der Waals surface area contributed by atoms with Crippen molar-refractivity contribution in [3.63, 3.8) is 0 Å². The van der Waals surface area contributed by atoms with Crippen LogP contribution in [-0.4, -0.2) is 49.9 Å². The summed E-state index contributed by atoms with van der Waals surface area (Å²) in [7, 11) is 1.78. The molecule has 0 bridgehead atoms. The second kappa shape index (κ2) is 10.6. The first kappa shape index (κ1) is 24.9. The van der Waals surface area contributed by atoms with E-state index in [4.69, 9.17) is 14.6 Å². The van der Waals surface area contributed by atoms with Gasteiger partial charge in [0.05, 0.1) is 36.3 Å². The molecule has 190 valence electrons. The van der Waals surface area contributed by atoms with Gasteiger partial charge in [-0.05, 0) is 63.5 Å². The number of hydrogen-bond acceptors (Lipinski definition) is 7. The molecule has 2 aliphatic carbocycles. The molecule has 0 aliphatic heterocycles. The second-order valence-electron chi connectivity index (χ2n) is 9.98. The molecule has 4 rings (SSSR count). The average Bonchev–Trinajstić information content (AvgIpc) is 3.28. The molecule has 0 unspecified atom stereocenters. The molecule has 1 amide bonds. The molecule has 2 heterocycles. The molecule has 2 aliphatic rings. The SMILES string of the molecule is CCCC1(COC(=O)NCc2c(-c3ccc(O[C@H]4CC[C@H](CC(=O)O)C4)c(C)n3)nnn2C)CC1. The van der Waals surface area contributed by atoms with Gasteiger partial charge >= 0.3 is 12.1 Å². The molecule has 0 radical (unpaired) electrons. The van der Waals surface area contributed by atoms with Crippen LogP contribution in [-0.2, 0) is 23.1 Å². The summed E-state index contributed by atoms with van der Waals surface area (Å²) < 4.78 is 13.2. The number of carbonyl (C=O) groups is 2. The molecule has 0 aromatic carbocycles. The van der Waals surface area contributed by atoms with E-state index in [9.17, 15) is 9.59 Å². The van der Waals surface area contributed by atoms with Crippen LogP contribution in [0.2, 0.25) is 0 Å². The highest BCUT2D eigenvalue weighted by Gasteiger charge is 2.42. The Balaban J connectivity index is 1.35. The van der Waals surface area contributed by atoms with E-state index < -0.39 is 12.1 Å². The molecule has 2 saturated carbocycles. The number of carboxylic acids is 1. The third-order valence-electron chi connectivity index (χ3n) is 7.12. The van der Waals surface area contributed by atoms with E-state index >= 15 is 0 Å². The third kappa shape index (κ3) is 6.29. The van der Waals surface area contributed by atoms with Gasteiger partial charge in [-0.3, -0.25) is 4.79 Å². The number of alkyl carbamates (subject to hydrolysis) is 1. The van der Waals surface area contributed by atoms with Crippen LogP contribution < -0.4 is 10.1 Å². The minimum atomic E-state index is -0.760. The van der Waals surface area contributed by atoms with Crippen LogP contribution in [0.3, 0.4) is 0 Å². The number of nitrogens with zero attached hydrogens (tertiary/aromatic N) is 4. The van der Waals surface area contributed by atoms with Crippen molar-refractivity contribution >= 4 is 12.1 Å². The lowest BCUT2D eigenvalue weighted by Gasteiger charge is -2.16. The van der Waals surface area contributed by atoms with Crippen LogP contribution in [0, 0.1) is 18.3 Å². The van der Waals surface area contributed by atoms with Crippen molar-refractivity contribution in [1.29, 1.82) is 0 Å². The number of pyridine rings is 1. The highest BCUT2D eigenvalue weighted by molar-refractivity contribution is 5.68. The Hall–Kier alpha value is -3.17. The van der Waals surface area contributed by atoms with E-state index in [1.165, 1.54) is 0 Å². The van der Waals surface area contributed by atoms with Crippen LogP contribution in [0.15, 0.2) is 12.1 Å². The molecule has 10 heteroatoms. The quantitative estimate of drug-likeness (QED) is 0.488. The van der Waals surface area contributed by atoms with Crippen molar-refractivity contribution in [3.05, 3.63) is 23.5 Å². The summed E-state index contributed by atoms with van der Waals surface area (Å²) in [5.74, 6) is 0.0829. The van der Waals surface area contributed by atoms with Gasteiger partial charge in [-0.15, -0.1) is 5.10 Å². The summed E-state index contributed by atoms with van der Waals surface area (Å²) in [4.78, 5) is 27.9. The number of carbonyl (C=O) groups excluding carboxylic acids is 1. The number of aromatic nitrogens is 4. The maximum atomic E-state index is 12.3. The van der Waals surface area contributed by atoms with E-state index in [1.54, 1.807) is 11.7 Å². The van der Waals surface area contributed by atoms with Gasteiger partial charge in [-0.2, -0.15) is 0 Å². The molecule has 2 atom stereocenters. The highest BCUT2D eigenvalue weighted by Crippen LogP contribution is 2.49. The smallest absolute Gasteiger partial charge is 0.407 e. The Morgan fingerprint density at radius 1 is 1.29 bits per heavy atom. The second-order valence-corrected chi connectivity index (χ2v) is 9.98. The van der Waals surface area contributed by atoms with E-state index in [-0.39, 0.29) is 30.4 Å². The summed E-state index contributed by atoms with van der Waals surface area (Å²) in [6, 6.07) is 3.70. The van der Waals surface area contributed by atoms with Gasteiger partial charge < -0.3 is 19.9 Å². The monoisotopic (exact) mass is 485 g/mol. The highest BCUT2D eigenvalue weighted by atomic mass is 16.5. The number of aliphatic carboxylic acids is 1. The Morgan fingerprint density at radius 2 is 2.09 bits per heavy atom. The summed E-state index contributed by atoms with van der Waals surface area (Å²) >= 11 is 0. The zero-order valence-electron chi connectivity index (χ0n) is 20.7. The fourth-order valence-electron chi connectivity index (χ4n) is 4.93. The first-order valence-electron chi connectivity index (χ1n) is 12.4. The molecule has 0 spiro atoms. The van der Waals surface area contributed by atoms with Crippen molar-refractivity contribution in [2.24, 2.45) is 18.4 Å². The number of amides is 1. The van der Waals surface area contributed by atoms with Crippen molar-refractivity contribution in [2.45, 2.75) is 77.9 Å². The van der Waals surface area contributed by atoms with E-state index in [0.29, 0.717) is 23.7 Å². The van der Waals surface area contributed by atoms with Crippen LogP contribution in [0.25, 0.3) is 11.4 Å². The molecule has 2 aromatic rings. The van der Waals surface area contributed by atoms with Gasteiger partial charge in [0.2, 0.25) is 0 Å². The molecule has 2 aromatic heterocycles. The minimum absolute atomic E-state index is 0.0000872. The first-order chi connectivity index (χ1) is 16.8. The maximum Gasteiger partial charge on any atom is 0.407 e. The molecule has 0 saturated heterocycles. The van der Waals surface area contributed by atoms with E-state index in [1.807, 2.05) is 19.1 Å². The zero-order valence-corrected chi connectivity index (χ0v) is 20.7. The predicted molar refractivity (Wildman–Crippen MR) is 128 cm³/mol. The van der Waals surface area contributed by atoms with Crippen LogP contribution in [0.4, 0.5) is 4.79 Å². The van der Waals surface area contributed by atoms with Gasteiger partial charge in [0.25, 0.3) is 0 Å². The van der Waals surface area contributed by atoms with Gasteiger partial charge in [0.15, 0.2) is 0 Å². The lowest BCUT2D eigenvalue weighted by Crippen LogP contribution is -2.27. The lowest BCUT2D eigenvalue weighted by molar-refractivity contribution is -0.138. The number of aryl methyl sites for hydroxylation is 2. The summed E-state index contributed by atoms with van der Waals surface area (Å²) in [6.45, 7) is 4.71. The lowest BCUT2D eigenvalue weighted by atomic mass is 10.0. The van der Waals surface area contributed by atoms with Gasteiger partial charge in [-0.25, -0.2) is 14.5 Å². The minimum Gasteiger partial charge on any atom is -0.489 e. The Bertz CT molecular complexity index is 1060. The molecular weight excluding hydrogens is 450 g/mol. The van der Waals surface area contributed by atoms with Crippen molar-refractivity contribution < 1.29 is 24.2 Å². The molecule has 2 fully saturated rings. The largest absolute Gasteiger partial charge is 0.489 e.